The molecule has 0 bridgehead atoms. The van der Waals surface area contributed by atoms with E-state index in [0.29, 0.717) is 23.9 Å². The molecule has 1 atom stereocenters. The summed E-state index contributed by atoms with van der Waals surface area (Å²) in [5, 5.41) is 3.49. The van der Waals surface area contributed by atoms with E-state index in [2.05, 4.69) is 35.1 Å². The fraction of sp³-hybridized carbons (Fsp3) is 0.500. The Labute approximate surface area is 128 Å². The maximum absolute atomic E-state index is 11.9. The van der Waals surface area contributed by atoms with Gasteiger partial charge >= 0.3 is 0 Å². The van der Waals surface area contributed by atoms with E-state index in [1.165, 1.54) is 0 Å². The summed E-state index contributed by atoms with van der Waals surface area (Å²) in [6, 6.07) is 5.32. The summed E-state index contributed by atoms with van der Waals surface area (Å²) in [6.45, 7) is 4.81. The van der Waals surface area contributed by atoms with Gasteiger partial charge in [0.25, 0.3) is 0 Å². The van der Waals surface area contributed by atoms with E-state index in [0.717, 1.165) is 16.6 Å². The standard InChI is InChI=1S/C14H20BrClN2O/c1-9(2)5-10(8-17)6-14(19)18-11-3-4-13(16)12(15)7-11/h3-4,7,9-10H,5-6,8,17H2,1-2H3,(H,18,19). The number of benzene rings is 1. The number of halogens is 2. The molecule has 19 heavy (non-hydrogen) atoms. The SMILES string of the molecule is CC(C)CC(CN)CC(=O)Nc1ccc(Cl)c(Br)c1. The van der Waals surface area contributed by atoms with Crippen molar-refractivity contribution in [2.75, 3.05) is 11.9 Å². The lowest BCUT2D eigenvalue weighted by Crippen LogP contribution is -2.23. The van der Waals surface area contributed by atoms with E-state index in [-0.39, 0.29) is 11.8 Å². The van der Waals surface area contributed by atoms with Crippen molar-refractivity contribution in [1.29, 1.82) is 0 Å². The van der Waals surface area contributed by atoms with Crippen molar-refractivity contribution in [3.8, 4) is 0 Å². The summed E-state index contributed by atoms with van der Waals surface area (Å²) in [5.41, 5.74) is 6.44. The maximum Gasteiger partial charge on any atom is 0.224 e. The van der Waals surface area contributed by atoms with E-state index in [9.17, 15) is 4.79 Å². The second-order valence-electron chi connectivity index (χ2n) is 5.11. The van der Waals surface area contributed by atoms with Gasteiger partial charge < -0.3 is 11.1 Å². The zero-order valence-corrected chi connectivity index (χ0v) is 13.6. The average Bonchev–Trinajstić information content (AvgIpc) is 2.32. The number of hydrogen-bond acceptors (Lipinski definition) is 2. The van der Waals surface area contributed by atoms with Gasteiger partial charge in [0.2, 0.25) is 5.91 Å². The molecule has 0 saturated carbocycles. The van der Waals surface area contributed by atoms with Crippen molar-refractivity contribution in [3.63, 3.8) is 0 Å². The van der Waals surface area contributed by atoms with Crippen LogP contribution in [0, 0.1) is 11.8 Å². The first-order valence-corrected chi connectivity index (χ1v) is 7.54. The van der Waals surface area contributed by atoms with E-state index < -0.39 is 0 Å². The number of nitrogens with two attached hydrogens (primary N) is 1. The molecule has 0 aliphatic heterocycles. The van der Waals surface area contributed by atoms with Crippen molar-refractivity contribution in [2.45, 2.75) is 26.7 Å². The van der Waals surface area contributed by atoms with Crippen LogP contribution in [0.4, 0.5) is 5.69 Å². The highest BCUT2D eigenvalue weighted by Crippen LogP contribution is 2.26. The molecule has 1 aromatic carbocycles. The molecule has 0 heterocycles. The first-order chi connectivity index (χ1) is 8.92. The normalized spacial score (nSPS) is 12.5. The van der Waals surface area contributed by atoms with Gasteiger partial charge in [-0.1, -0.05) is 25.4 Å². The molecule has 0 radical (unpaired) electrons. The molecule has 1 unspecified atom stereocenters. The molecule has 0 aliphatic rings. The fourth-order valence-electron chi connectivity index (χ4n) is 1.98. The molecule has 1 rings (SSSR count). The zero-order chi connectivity index (χ0) is 14.4. The number of carbonyl (C=O) groups excluding carboxylic acids is 1. The van der Waals surface area contributed by atoms with Crippen LogP contribution in [0.1, 0.15) is 26.7 Å². The highest BCUT2D eigenvalue weighted by atomic mass is 79.9. The number of rotatable bonds is 6. The molecular weight excluding hydrogens is 328 g/mol. The Morgan fingerprint density at radius 2 is 2.16 bits per heavy atom. The smallest absolute Gasteiger partial charge is 0.224 e. The highest BCUT2D eigenvalue weighted by Gasteiger charge is 2.14. The Hall–Kier alpha value is -0.580. The van der Waals surface area contributed by atoms with Crippen molar-refractivity contribution >= 4 is 39.1 Å². The maximum atomic E-state index is 11.9. The fourth-order valence-corrected chi connectivity index (χ4v) is 2.47. The summed E-state index contributed by atoms with van der Waals surface area (Å²) in [4.78, 5) is 11.9. The van der Waals surface area contributed by atoms with E-state index in [1.807, 2.05) is 0 Å². The van der Waals surface area contributed by atoms with Crippen LogP contribution in [0.5, 0.6) is 0 Å². The third-order valence-corrected chi connectivity index (χ3v) is 4.03. The first kappa shape index (κ1) is 16.5. The summed E-state index contributed by atoms with van der Waals surface area (Å²) >= 11 is 9.24. The average molecular weight is 348 g/mol. The Bertz CT molecular complexity index is 437. The van der Waals surface area contributed by atoms with E-state index in [4.69, 9.17) is 17.3 Å². The molecule has 0 saturated heterocycles. The van der Waals surface area contributed by atoms with Crippen LogP contribution < -0.4 is 11.1 Å². The second kappa shape index (κ2) is 7.88. The second-order valence-corrected chi connectivity index (χ2v) is 6.37. The van der Waals surface area contributed by atoms with Gasteiger partial charge in [-0.3, -0.25) is 4.79 Å². The summed E-state index contributed by atoms with van der Waals surface area (Å²) in [7, 11) is 0. The lowest BCUT2D eigenvalue weighted by atomic mass is 9.94. The molecule has 106 valence electrons. The lowest BCUT2D eigenvalue weighted by Gasteiger charge is -2.16. The number of carbonyl (C=O) groups is 1. The number of anilines is 1. The molecule has 5 heteroatoms. The Balaban J connectivity index is 2.56. The molecular formula is C14H20BrClN2O. The van der Waals surface area contributed by atoms with Gasteiger partial charge in [-0.2, -0.15) is 0 Å². The number of hydrogen-bond donors (Lipinski definition) is 2. The Kier molecular flexibility index (Phi) is 6.83. The Morgan fingerprint density at radius 3 is 2.68 bits per heavy atom. The Morgan fingerprint density at radius 1 is 1.47 bits per heavy atom. The first-order valence-electron chi connectivity index (χ1n) is 6.37. The minimum atomic E-state index is -0.00896. The van der Waals surface area contributed by atoms with Crippen LogP contribution in [0.2, 0.25) is 5.02 Å². The van der Waals surface area contributed by atoms with Gasteiger partial charge in [-0.15, -0.1) is 0 Å². The van der Waals surface area contributed by atoms with E-state index >= 15 is 0 Å². The number of amides is 1. The zero-order valence-electron chi connectivity index (χ0n) is 11.2. The molecule has 3 nitrogen and oxygen atoms in total. The van der Waals surface area contributed by atoms with Crippen molar-refractivity contribution in [1.82, 2.24) is 0 Å². The lowest BCUT2D eigenvalue weighted by molar-refractivity contribution is -0.117. The van der Waals surface area contributed by atoms with Gasteiger partial charge in [0.05, 0.1) is 5.02 Å². The van der Waals surface area contributed by atoms with Crippen molar-refractivity contribution in [2.24, 2.45) is 17.6 Å². The van der Waals surface area contributed by atoms with E-state index in [1.54, 1.807) is 18.2 Å². The largest absolute Gasteiger partial charge is 0.330 e. The van der Waals surface area contributed by atoms with Crippen LogP contribution in [-0.2, 0) is 4.79 Å². The topological polar surface area (TPSA) is 55.1 Å². The van der Waals surface area contributed by atoms with Crippen LogP contribution >= 0.6 is 27.5 Å². The molecule has 3 N–H and O–H groups in total. The van der Waals surface area contributed by atoms with Gasteiger partial charge in [0.15, 0.2) is 0 Å². The van der Waals surface area contributed by atoms with Gasteiger partial charge in [0.1, 0.15) is 0 Å². The highest BCUT2D eigenvalue weighted by molar-refractivity contribution is 9.10. The van der Waals surface area contributed by atoms with Crippen LogP contribution in [0.15, 0.2) is 22.7 Å². The predicted octanol–water partition coefficient (Wildman–Crippen LogP) is 4.05. The molecule has 0 spiro atoms. The molecule has 0 fully saturated rings. The molecule has 1 amide bonds. The number of nitrogens with one attached hydrogen (secondary N) is 1. The third-order valence-electron chi connectivity index (χ3n) is 2.82. The monoisotopic (exact) mass is 346 g/mol. The quantitative estimate of drug-likeness (QED) is 0.815. The van der Waals surface area contributed by atoms with Gasteiger partial charge in [-0.25, -0.2) is 0 Å². The molecule has 1 aromatic rings. The minimum absolute atomic E-state index is 0.00896. The van der Waals surface area contributed by atoms with Crippen molar-refractivity contribution < 1.29 is 4.79 Å². The minimum Gasteiger partial charge on any atom is -0.330 e. The predicted molar refractivity (Wildman–Crippen MR) is 84.4 cm³/mol. The van der Waals surface area contributed by atoms with Crippen molar-refractivity contribution in [3.05, 3.63) is 27.7 Å². The molecule has 0 aliphatic carbocycles. The molecule has 0 aromatic heterocycles. The summed E-state index contributed by atoms with van der Waals surface area (Å²) in [5.74, 6) is 0.770. The summed E-state index contributed by atoms with van der Waals surface area (Å²) in [6.07, 6.45) is 1.42. The van der Waals surface area contributed by atoms with Crippen LogP contribution in [0.25, 0.3) is 0 Å². The summed E-state index contributed by atoms with van der Waals surface area (Å²) < 4.78 is 0.768. The van der Waals surface area contributed by atoms with Crippen LogP contribution in [-0.4, -0.2) is 12.5 Å². The van der Waals surface area contributed by atoms with Crippen LogP contribution in [0.3, 0.4) is 0 Å². The van der Waals surface area contributed by atoms with Gasteiger partial charge in [-0.05, 0) is 58.9 Å². The van der Waals surface area contributed by atoms with Gasteiger partial charge in [0, 0.05) is 16.6 Å². The third kappa shape index (κ3) is 5.93.